The molecule has 0 aliphatic carbocycles. The van der Waals surface area contributed by atoms with E-state index in [2.05, 4.69) is 10.3 Å². The van der Waals surface area contributed by atoms with Crippen molar-refractivity contribution in [1.82, 2.24) is 5.32 Å². The van der Waals surface area contributed by atoms with Gasteiger partial charge in [-0.3, -0.25) is 10.1 Å². The molecule has 5 heteroatoms. The molecule has 0 aliphatic rings. The molecule has 0 fully saturated rings. The van der Waals surface area contributed by atoms with E-state index in [4.69, 9.17) is 9.47 Å². The summed E-state index contributed by atoms with van der Waals surface area (Å²) < 4.78 is 10.4. The minimum absolute atomic E-state index is 0.261. The van der Waals surface area contributed by atoms with Gasteiger partial charge in [-0.05, 0) is 31.5 Å². The van der Waals surface area contributed by atoms with Crippen LogP contribution in [0.3, 0.4) is 0 Å². The first-order valence-corrected chi connectivity index (χ1v) is 6.33. The van der Waals surface area contributed by atoms with E-state index in [-0.39, 0.29) is 11.9 Å². The number of amidine groups is 1. The number of aliphatic imine (C=N–C) groups is 1. The standard InChI is InChI=1S/C14H20N2O3/c1-4-9-15-14(19-5-2)16-13(17)11-7-6-8-12(10-11)18-3/h6-8,10H,4-5,9H2,1-3H3,(H,15,16,17). The number of hydrogen-bond donors (Lipinski definition) is 1. The highest BCUT2D eigenvalue weighted by Gasteiger charge is 2.10. The van der Waals surface area contributed by atoms with Gasteiger partial charge in [0.15, 0.2) is 0 Å². The Labute approximate surface area is 113 Å². The van der Waals surface area contributed by atoms with Crippen LogP contribution >= 0.6 is 0 Å². The van der Waals surface area contributed by atoms with Crippen LogP contribution in [-0.4, -0.2) is 32.2 Å². The number of nitrogens with one attached hydrogen (secondary N) is 1. The average Bonchev–Trinajstić information content (AvgIpc) is 2.45. The van der Waals surface area contributed by atoms with Crippen molar-refractivity contribution in [3.05, 3.63) is 29.8 Å². The second-order valence-corrected chi connectivity index (χ2v) is 3.81. The van der Waals surface area contributed by atoms with Crippen molar-refractivity contribution in [2.24, 2.45) is 4.99 Å². The summed E-state index contributed by atoms with van der Waals surface area (Å²) in [7, 11) is 1.56. The van der Waals surface area contributed by atoms with Crippen LogP contribution in [-0.2, 0) is 4.74 Å². The third-order valence-electron chi connectivity index (χ3n) is 2.31. The molecule has 0 unspecified atom stereocenters. The quantitative estimate of drug-likeness (QED) is 0.655. The van der Waals surface area contributed by atoms with Gasteiger partial charge in [-0.15, -0.1) is 0 Å². The second-order valence-electron chi connectivity index (χ2n) is 3.81. The van der Waals surface area contributed by atoms with E-state index >= 15 is 0 Å². The largest absolute Gasteiger partial charge is 0.497 e. The van der Waals surface area contributed by atoms with E-state index in [9.17, 15) is 4.79 Å². The molecule has 0 aliphatic heterocycles. The van der Waals surface area contributed by atoms with Gasteiger partial charge in [0.05, 0.1) is 13.7 Å². The van der Waals surface area contributed by atoms with Gasteiger partial charge in [-0.25, -0.2) is 4.99 Å². The summed E-state index contributed by atoms with van der Waals surface area (Å²) in [6.07, 6.45) is 0.894. The van der Waals surface area contributed by atoms with E-state index in [1.54, 1.807) is 31.4 Å². The molecule has 5 nitrogen and oxygen atoms in total. The SMILES string of the molecule is CCCN=C(NC(=O)c1cccc(OC)c1)OCC. The lowest BCUT2D eigenvalue weighted by molar-refractivity contribution is 0.0966. The summed E-state index contributed by atoms with van der Waals surface area (Å²) in [4.78, 5) is 16.2. The molecule has 1 rings (SSSR count). The van der Waals surface area contributed by atoms with E-state index < -0.39 is 0 Å². The number of carbonyl (C=O) groups excluding carboxylic acids is 1. The maximum Gasteiger partial charge on any atom is 0.291 e. The Morgan fingerprint density at radius 2 is 2.16 bits per heavy atom. The fourth-order valence-corrected chi connectivity index (χ4v) is 1.40. The maximum atomic E-state index is 12.0. The molecule has 1 aromatic rings. The van der Waals surface area contributed by atoms with Gasteiger partial charge in [0, 0.05) is 12.1 Å². The van der Waals surface area contributed by atoms with Gasteiger partial charge in [-0.2, -0.15) is 0 Å². The Balaban J connectivity index is 2.75. The Kier molecular flexibility index (Phi) is 6.43. The highest BCUT2D eigenvalue weighted by atomic mass is 16.5. The summed E-state index contributed by atoms with van der Waals surface area (Å²) in [5.74, 6) is 0.373. The molecule has 0 heterocycles. The van der Waals surface area contributed by atoms with Crippen LogP contribution in [0.4, 0.5) is 0 Å². The summed E-state index contributed by atoms with van der Waals surface area (Å²) in [5.41, 5.74) is 0.503. The highest BCUT2D eigenvalue weighted by Crippen LogP contribution is 2.12. The summed E-state index contributed by atoms with van der Waals surface area (Å²) >= 11 is 0. The van der Waals surface area contributed by atoms with Crippen LogP contribution in [0, 0.1) is 0 Å². The molecule has 0 saturated heterocycles. The first kappa shape index (κ1) is 15.0. The third kappa shape index (κ3) is 4.99. The first-order valence-electron chi connectivity index (χ1n) is 6.33. The molecule has 19 heavy (non-hydrogen) atoms. The van der Waals surface area contributed by atoms with Crippen LogP contribution in [0.2, 0.25) is 0 Å². The molecule has 0 radical (unpaired) electrons. The Morgan fingerprint density at radius 3 is 2.79 bits per heavy atom. The fraction of sp³-hybridized carbons (Fsp3) is 0.429. The van der Waals surface area contributed by atoms with Crippen molar-refractivity contribution in [3.63, 3.8) is 0 Å². The number of methoxy groups -OCH3 is 1. The Morgan fingerprint density at radius 1 is 1.37 bits per heavy atom. The van der Waals surface area contributed by atoms with Gasteiger partial charge in [0.25, 0.3) is 11.9 Å². The molecule has 0 bridgehead atoms. The first-order chi connectivity index (χ1) is 9.21. The number of carbonyl (C=O) groups is 1. The van der Waals surface area contributed by atoms with Crippen molar-refractivity contribution in [2.45, 2.75) is 20.3 Å². The average molecular weight is 264 g/mol. The predicted molar refractivity (Wildman–Crippen MR) is 74.7 cm³/mol. The van der Waals surface area contributed by atoms with Crippen molar-refractivity contribution in [1.29, 1.82) is 0 Å². The zero-order valence-electron chi connectivity index (χ0n) is 11.6. The zero-order chi connectivity index (χ0) is 14.1. The van der Waals surface area contributed by atoms with E-state index in [1.807, 2.05) is 13.8 Å². The second kappa shape index (κ2) is 8.13. The molecule has 0 atom stereocenters. The van der Waals surface area contributed by atoms with E-state index in [0.717, 1.165) is 6.42 Å². The number of amides is 1. The minimum atomic E-state index is -0.262. The highest BCUT2D eigenvalue weighted by molar-refractivity contribution is 6.04. The Hall–Kier alpha value is -2.04. The van der Waals surface area contributed by atoms with Crippen LogP contribution in [0.5, 0.6) is 5.75 Å². The topological polar surface area (TPSA) is 59.9 Å². The van der Waals surface area contributed by atoms with Crippen LogP contribution in [0.25, 0.3) is 0 Å². The molecule has 104 valence electrons. The number of benzene rings is 1. The monoisotopic (exact) mass is 264 g/mol. The van der Waals surface area contributed by atoms with Gasteiger partial charge in [-0.1, -0.05) is 13.0 Å². The number of hydrogen-bond acceptors (Lipinski definition) is 4. The van der Waals surface area contributed by atoms with Crippen molar-refractivity contribution in [2.75, 3.05) is 20.3 Å². The smallest absolute Gasteiger partial charge is 0.291 e. The normalized spacial score (nSPS) is 11.0. The lowest BCUT2D eigenvalue weighted by Gasteiger charge is -2.09. The van der Waals surface area contributed by atoms with Gasteiger partial charge < -0.3 is 9.47 Å². The van der Waals surface area contributed by atoms with E-state index in [1.165, 1.54) is 0 Å². The molecule has 0 aromatic heterocycles. The number of nitrogens with zero attached hydrogens (tertiary/aromatic N) is 1. The molecule has 0 spiro atoms. The van der Waals surface area contributed by atoms with Gasteiger partial charge >= 0.3 is 0 Å². The van der Waals surface area contributed by atoms with Crippen LogP contribution < -0.4 is 10.1 Å². The maximum absolute atomic E-state index is 12.0. The molecule has 0 saturated carbocycles. The third-order valence-corrected chi connectivity index (χ3v) is 2.31. The summed E-state index contributed by atoms with van der Waals surface area (Å²) in [6.45, 7) is 4.94. The zero-order valence-corrected chi connectivity index (χ0v) is 11.6. The molecular formula is C14H20N2O3. The summed E-state index contributed by atoms with van der Waals surface area (Å²) in [6, 6.07) is 7.18. The van der Waals surface area contributed by atoms with Crippen molar-refractivity contribution in [3.8, 4) is 5.75 Å². The van der Waals surface area contributed by atoms with E-state index in [0.29, 0.717) is 24.5 Å². The predicted octanol–water partition coefficient (Wildman–Crippen LogP) is 2.23. The molecule has 1 aromatic carbocycles. The van der Waals surface area contributed by atoms with Crippen molar-refractivity contribution < 1.29 is 14.3 Å². The molecule has 1 N–H and O–H groups in total. The number of ether oxygens (including phenoxy) is 2. The van der Waals surface area contributed by atoms with Gasteiger partial charge in [0.2, 0.25) is 0 Å². The van der Waals surface area contributed by atoms with Gasteiger partial charge in [0.1, 0.15) is 5.75 Å². The minimum Gasteiger partial charge on any atom is -0.497 e. The molecular weight excluding hydrogens is 244 g/mol. The fourth-order valence-electron chi connectivity index (χ4n) is 1.40. The van der Waals surface area contributed by atoms with Crippen LogP contribution in [0.1, 0.15) is 30.6 Å². The lowest BCUT2D eigenvalue weighted by atomic mass is 10.2. The van der Waals surface area contributed by atoms with Crippen molar-refractivity contribution >= 4 is 11.9 Å². The molecule has 1 amide bonds. The summed E-state index contributed by atoms with van der Waals surface area (Å²) in [5, 5.41) is 2.65. The van der Waals surface area contributed by atoms with Crippen LogP contribution in [0.15, 0.2) is 29.3 Å². The number of rotatable bonds is 5. The lowest BCUT2D eigenvalue weighted by Crippen LogP contribution is -2.32. The Bertz CT molecular complexity index is 444.